The van der Waals surface area contributed by atoms with Crippen molar-refractivity contribution in [1.29, 1.82) is 0 Å². The summed E-state index contributed by atoms with van der Waals surface area (Å²) in [5, 5.41) is 5.17. The Morgan fingerprint density at radius 3 is 2.71 bits per heavy atom. The Labute approximate surface area is 204 Å². The minimum atomic E-state index is -0.459. The van der Waals surface area contributed by atoms with Crippen molar-refractivity contribution in [3.8, 4) is 5.69 Å². The van der Waals surface area contributed by atoms with Gasteiger partial charge >= 0.3 is 5.97 Å². The first kappa shape index (κ1) is 22.8. The normalized spacial score (nSPS) is 12.9. The second kappa shape index (κ2) is 9.70. The molecular weight excluding hydrogens is 440 g/mol. The maximum Gasteiger partial charge on any atom is 0.339 e. The van der Waals surface area contributed by atoms with E-state index in [1.165, 1.54) is 0 Å². The van der Waals surface area contributed by atoms with Gasteiger partial charge in [-0.2, -0.15) is 5.10 Å². The number of likely N-dealkylation sites (N-methyl/N-ethyl adjacent to an activating group) is 1. The summed E-state index contributed by atoms with van der Waals surface area (Å²) < 4.78 is 7.33. The lowest BCUT2D eigenvalue weighted by molar-refractivity contribution is -0.133. The van der Waals surface area contributed by atoms with Crippen LogP contribution in [0.25, 0.3) is 16.6 Å². The number of hydrogen-bond acceptors (Lipinski definition) is 5. The maximum absolute atomic E-state index is 13.3. The summed E-state index contributed by atoms with van der Waals surface area (Å²) in [6.45, 7) is 2.05. The second-order valence-electron chi connectivity index (χ2n) is 9.09. The van der Waals surface area contributed by atoms with Gasteiger partial charge in [0.1, 0.15) is 0 Å². The minimum Gasteiger partial charge on any atom is -0.452 e. The van der Waals surface area contributed by atoms with Crippen molar-refractivity contribution >= 4 is 22.8 Å². The molecule has 0 aliphatic heterocycles. The Morgan fingerprint density at radius 1 is 1.09 bits per heavy atom. The van der Waals surface area contributed by atoms with E-state index in [-0.39, 0.29) is 12.5 Å². The molecule has 0 atom stereocenters. The summed E-state index contributed by atoms with van der Waals surface area (Å²) >= 11 is 0. The van der Waals surface area contributed by atoms with Crippen LogP contribution in [0.15, 0.2) is 60.9 Å². The molecule has 1 aliphatic carbocycles. The van der Waals surface area contributed by atoms with Crippen molar-refractivity contribution in [2.45, 2.75) is 39.2 Å². The molecule has 0 saturated heterocycles. The Morgan fingerprint density at radius 2 is 1.89 bits per heavy atom. The van der Waals surface area contributed by atoms with Gasteiger partial charge in [-0.3, -0.25) is 9.78 Å². The standard InChI is InChI=1S/C28H28N4O3/c1-19-12-13-25-23(14-19)27(22-10-6-7-11-24(22)30-25)28(34)35-18-26(33)31(2)16-20-15-29-32(17-20)21-8-4-3-5-9-21/h3-5,8-9,12-15,17H,6-7,10-11,16,18H2,1-2H3. The van der Waals surface area contributed by atoms with Gasteiger partial charge in [0.2, 0.25) is 0 Å². The zero-order valence-electron chi connectivity index (χ0n) is 20.0. The van der Waals surface area contributed by atoms with Crippen LogP contribution < -0.4 is 0 Å². The molecule has 0 saturated carbocycles. The number of para-hydroxylation sites is 1. The molecule has 0 bridgehead atoms. The van der Waals surface area contributed by atoms with Gasteiger partial charge in [0.05, 0.1) is 23.0 Å². The van der Waals surface area contributed by atoms with Crippen molar-refractivity contribution in [2.75, 3.05) is 13.7 Å². The number of rotatable bonds is 6. The largest absolute Gasteiger partial charge is 0.452 e. The molecule has 0 fully saturated rings. The number of aromatic nitrogens is 3. The third-order valence-electron chi connectivity index (χ3n) is 6.45. The third-order valence-corrected chi connectivity index (χ3v) is 6.45. The van der Waals surface area contributed by atoms with Gasteiger partial charge in [0.25, 0.3) is 5.91 Å². The molecule has 0 spiro atoms. The monoisotopic (exact) mass is 468 g/mol. The molecule has 5 rings (SSSR count). The van der Waals surface area contributed by atoms with Gasteiger partial charge < -0.3 is 9.64 Å². The molecule has 178 valence electrons. The number of ether oxygens (including phenoxy) is 1. The van der Waals surface area contributed by atoms with E-state index in [9.17, 15) is 9.59 Å². The van der Waals surface area contributed by atoms with Gasteiger partial charge in [-0.25, -0.2) is 9.48 Å². The number of hydrogen-bond donors (Lipinski definition) is 0. The number of esters is 1. The quantitative estimate of drug-likeness (QED) is 0.392. The summed E-state index contributed by atoms with van der Waals surface area (Å²) in [4.78, 5) is 32.4. The zero-order chi connectivity index (χ0) is 24.4. The highest BCUT2D eigenvalue weighted by Gasteiger charge is 2.24. The predicted octanol–water partition coefficient (Wildman–Crippen LogP) is 4.42. The number of nitrogens with zero attached hydrogens (tertiary/aromatic N) is 4. The third kappa shape index (κ3) is 4.80. The summed E-state index contributed by atoms with van der Waals surface area (Å²) in [5.74, 6) is -0.728. The van der Waals surface area contributed by atoms with Crippen LogP contribution in [0.5, 0.6) is 0 Å². The van der Waals surface area contributed by atoms with E-state index >= 15 is 0 Å². The van der Waals surface area contributed by atoms with Gasteiger partial charge in [-0.1, -0.05) is 29.8 Å². The summed E-state index contributed by atoms with van der Waals surface area (Å²) in [6, 6.07) is 15.7. The molecule has 0 unspecified atom stereocenters. The average Bonchev–Trinajstić information content (AvgIpc) is 3.34. The van der Waals surface area contributed by atoms with Crippen molar-refractivity contribution in [3.05, 3.63) is 88.9 Å². The van der Waals surface area contributed by atoms with Gasteiger partial charge in [0.15, 0.2) is 6.61 Å². The first-order chi connectivity index (χ1) is 17.0. The number of pyridine rings is 1. The van der Waals surface area contributed by atoms with E-state index < -0.39 is 5.97 Å². The van der Waals surface area contributed by atoms with E-state index in [2.05, 4.69) is 5.10 Å². The van der Waals surface area contributed by atoms with Crippen molar-refractivity contribution in [2.24, 2.45) is 0 Å². The highest BCUT2D eigenvalue weighted by atomic mass is 16.5. The van der Waals surface area contributed by atoms with Gasteiger partial charge in [-0.15, -0.1) is 0 Å². The van der Waals surface area contributed by atoms with E-state index in [1.54, 1.807) is 22.8 Å². The summed E-state index contributed by atoms with van der Waals surface area (Å²) in [5.41, 5.74) is 6.18. The topological polar surface area (TPSA) is 77.3 Å². The second-order valence-corrected chi connectivity index (χ2v) is 9.09. The molecule has 0 radical (unpaired) electrons. The minimum absolute atomic E-state index is 0.269. The first-order valence-electron chi connectivity index (χ1n) is 11.9. The fourth-order valence-electron chi connectivity index (χ4n) is 4.61. The molecular formula is C28H28N4O3. The Hall–Kier alpha value is -4.00. The molecule has 2 aromatic heterocycles. The number of aryl methyl sites for hydroxylation is 2. The maximum atomic E-state index is 13.3. The predicted molar refractivity (Wildman–Crippen MR) is 133 cm³/mol. The Balaban J connectivity index is 1.29. The van der Waals surface area contributed by atoms with Crippen molar-refractivity contribution in [3.63, 3.8) is 0 Å². The lowest BCUT2D eigenvalue weighted by Crippen LogP contribution is -2.31. The number of amides is 1. The molecule has 0 N–H and O–H groups in total. The fraction of sp³-hybridized carbons (Fsp3) is 0.286. The smallest absolute Gasteiger partial charge is 0.339 e. The van der Waals surface area contributed by atoms with E-state index in [1.807, 2.05) is 61.7 Å². The first-order valence-corrected chi connectivity index (χ1v) is 11.9. The molecule has 35 heavy (non-hydrogen) atoms. The molecule has 1 aliphatic rings. The van der Waals surface area contributed by atoms with Crippen LogP contribution in [0.4, 0.5) is 0 Å². The number of carbonyl (C=O) groups is 2. The van der Waals surface area contributed by atoms with Crippen LogP contribution >= 0.6 is 0 Å². The molecule has 7 heteroatoms. The van der Waals surface area contributed by atoms with Gasteiger partial charge in [0, 0.05) is 36.4 Å². The fourth-order valence-corrected chi connectivity index (χ4v) is 4.61. The van der Waals surface area contributed by atoms with Crippen molar-refractivity contribution in [1.82, 2.24) is 19.7 Å². The van der Waals surface area contributed by atoms with E-state index in [4.69, 9.17) is 9.72 Å². The van der Waals surface area contributed by atoms with Gasteiger partial charge in [-0.05, 0) is 62.4 Å². The molecule has 7 nitrogen and oxygen atoms in total. The number of benzene rings is 2. The lowest BCUT2D eigenvalue weighted by atomic mass is 9.89. The van der Waals surface area contributed by atoms with Crippen LogP contribution in [-0.2, 0) is 28.9 Å². The zero-order valence-corrected chi connectivity index (χ0v) is 20.0. The molecule has 2 aromatic carbocycles. The van der Waals surface area contributed by atoms with Crippen LogP contribution in [0, 0.1) is 6.92 Å². The molecule has 4 aromatic rings. The van der Waals surface area contributed by atoms with E-state index in [0.29, 0.717) is 12.1 Å². The average molecular weight is 469 g/mol. The number of carbonyl (C=O) groups excluding carboxylic acids is 2. The number of fused-ring (bicyclic) bond motifs is 2. The lowest BCUT2D eigenvalue weighted by Gasteiger charge is -2.21. The van der Waals surface area contributed by atoms with Crippen molar-refractivity contribution < 1.29 is 14.3 Å². The Kier molecular flexibility index (Phi) is 6.31. The molecule has 2 heterocycles. The SMILES string of the molecule is Cc1ccc2nc3c(c(C(=O)OCC(=O)N(C)Cc4cnn(-c5ccccc5)c4)c2c1)CCCC3. The van der Waals surface area contributed by atoms with E-state index in [0.717, 1.165) is 64.7 Å². The summed E-state index contributed by atoms with van der Waals surface area (Å²) in [6.07, 6.45) is 7.37. The van der Waals surface area contributed by atoms with Crippen LogP contribution in [0.3, 0.4) is 0 Å². The Bertz CT molecular complexity index is 1390. The van der Waals surface area contributed by atoms with Crippen LogP contribution in [0.2, 0.25) is 0 Å². The molecule has 1 amide bonds. The summed E-state index contributed by atoms with van der Waals surface area (Å²) in [7, 11) is 1.70. The highest BCUT2D eigenvalue weighted by Crippen LogP contribution is 2.30. The highest BCUT2D eigenvalue weighted by molar-refractivity contribution is 6.05. The van der Waals surface area contributed by atoms with Crippen LogP contribution in [-0.4, -0.2) is 45.2 Å². The van der Waals surface area contributed by atoms with Crippen LogP contribution in [0.1, 0.15) is 45.6 Å².